The zero-order chi connectivity index (χ0) is 15.3. The Morgan fingerprint density at radius 1 is 1.38 bits per heavy atom. The van der Waals surface area contributed by atoms with Gasteiger partial charge in [-0.2, -0.15) is 0 Å². The molecular formula is C13H20N4O2S2. The summed E-state index contributed by atoms with van der Waals surface area (Å²) in [6.45, 7) is 5.50. The molecule has 2 heterocycles. The second-order valence-corrected chi connectivity index (χ2v) is 7.38. The van der Waals surface area contributed by atoms with Crippen LogP contribution in [0.15, 0.2) is 22.7 Å². The molecule has 0 aliphatic heterocycles. The fourth-order valence-electron chi connectivity index (χ4n) is 1.98. The third kappa shape index (κ3) is 4.13. The molecule has 0 saturated heterocycles. The minimum absolute atomic E-state index is 0.159. The largest absolute Gasteiger partial charge is 0.347 e. The second-order valence-electron chi connectivity index (χ2n) is 4.71. The Labute approximate surface area is 129 Å². The van der Waals surface area contributed by atoms with Crippen LogP contribution in [0.25, 0.3) is 0 Å². The van der Waals surface area contributed by atoms with Crippen LogP contribution in [0.1, 0.15) is 29.6 Å². The molecule has 0 radical (unpaired) electrons. The van der Waals surface area contributed by atoms with Crippen molar-refractivity contribution in [2.75, 3.05) is 6.54 Å². The van der Waals surface area contributed by atoms with E-state index in [4.69, 9.17) is 0 Å². The number of imidazole rings is 1. The molecule has 8 heteroatoms. The molecule has 0 unspecified atom stereocenters. The Morgan fingerprint density at radius 2 is 2.19 bits per heavy atom. The van der Waals surface area contributed by atoms with Crippen molar-refractivity contribution in [2.45, 2.75) is 38.3 Å². The van der Waals surface area contributed by atoms with Gasteiger partial charge in [-0.1, -0.05) is 6.92 Å². The molecule has 0 fully saturated rings. The van der Waals surface area contributed by atoms with Gasteiger partial charge in [0.15, 0.2) is 0 Å². The number of hydrogen-bond donors (Lipinski definition) is 3. The van der Waals surface area contributed by atoms with Crippen LogP contribution in [-0.2, 0) is 23.1 Å². The molecular weight excluding hydrogens is 308 g/mol. The molecule has 2 rings (SSSR count). The number of aryl methyl sites for hydroxylation is 1. The summed E-state index contributed by atoms with van der Waals surface area (Å²) in [5.74, 6) is 0.595. The molecule has 3 N–H and O–H groups in total. The van der Waals surface area contributed by atoms with E-state index in [-0.39, 0.29) is 6.54 Å². The van der Waals surface area contributed by atoms with Crippen molar-refractivity contribution in [1.82, 2.24) is 20.0 Å². The highest BCUT2D eigenvalue weighted by Crippen LogP contribution is 2.26. The highest BCUT2D eigenvalue weighted by Gasteiger charge is 2.22. The molecule has 0 aliphatic carbocycles. The number of nitrogens with zero attached hydrogens (tertiary/aromatic N) is 1. The summed E-state index contributed by atoms with van der Waals surface area (Å²) in [5.41, 5.74) is 0.778. The Hall–Kier alpha value is -1.22. The summed E-state index contributed by atoms with van der Waals surface area (Å²) < 4.78 is 27.6. The van der Waals surface area contributed by atoms with Crippen molar-refractivity contribution in [3.05, 3.63) is 34.0 Å². The predicted octanol–water partition coefficient (Wildman–Crippen LogP) is 1.76. The SMILES string of the molecule is CCCNCc1scc(C)c1S(=O)(=O)NCc1ncc[nH]1. The van der Waals surface area contributed by atoms with E-state index in [0.717, 1.165) is 23.4 Å². The third-order valence-corrected chi connectivity index (χ3v) is 5.82. The first-order valence-electron chi connectivity index (χ1n) is 6.80. The maximum absolute atomic E-state index is 12.5. The van der Waals surface area contributed by atoms with E-state index in [1.165, 1.54) is 11.3 Å². The molecule has 0 aromatic carbocycles. The maximum atomic E-state index is 12.5. The van der Waals surface area contributed by atoms with E-state index in [2.05, 4.69) is 26.9 Å². The number of H-pyrrole nitrogens is 1. The fourth-order valence-corrected chi connectivity index (χ4v) is 4.74. The molecule has 21 heavy (non-hydrogen) atoms. The van der Waals surface area contributed by atoms with Crippen LogP contribution in [0.4, 0.5) is 0 Å². The number of thiophene rings is 1. The predicted molar refractivity (Wildman–Crippen MR) is 83.7 cm³/mol. The van der Waals surface area contributed by atoms with E-state index in [1.54, 1.807) is 12.4 Å². The maximum Gasteiger partial charge on any atom is 0.242 e. The van der Waals surface area contributed by atoms with Crippen LogP contribution in [0, 0.1) is 6.92 Å². The Balaban J connectivity index is 2.13. The van der Waals surface area contributed by atoms with Crippen molar-refractivity contribution in [3.63, 3.8) is 0 Å². The quantitative estimate of drug-likeness (QED) is 0.644. The number of hydrogen-bond acceptors (Lipinski definition) is 5. The topological polar surface area (TPSA) is 86.9 Å². The van der Waals surface area contributed by atoms with Crippen LogP contribution >= 0.6 is 11.3 Å². The van der Waals surface area contributed by atoms with Crippen molar-refractivity contribution in [1.29, 1.82) is 0 Å². The highest BCUT2D eigenvalue weighted by molar-refractivity contribution is 7.89. The lowest BCUT2D eigenvalue weighted by molar-refractivity contribution is 0.577. The van der Waals surface area contributed by atoms with E-state index < -0.39 is 10.0 Å². The lowest BCUT2D eigenvalue weighted by Crippen LogP contribution is -2.26. The van der Waals surface area contributed by atoms with Crippen molar-refractivity contribution in [3.8, 4) is 0 Å². The van der Waals surface area contributed by atoms with Crippen LogP contribution in [0.3, 0.4) is 0 Å². The number of sulfonamides is 1. The summed E-state index contributed by atoms with van der Waals surface area (Å²) in [4.78, 5) is 8.12. The molecule has 6 nitrogen and oxygen atoms in total. The van der Waals surface area contributed by atoms with Gasteiger partial charge < -0.3 is 10.3 Å². The lowest BCUT2D eigenvalue weighted by Gasteiger charge is -2.09. The van der Waals surface area contributed by atoms with E-state index in [0.29, 0.717) is 17.3 Å². The first-order valence-corrected chi connectivity index (χ1v) is 9.16. The zero-order valence-electron chi connectivity index (χ0n) is 12.1. The summed E-state index contributed by atoms with van der Waals surface area (Å²) in [5, 5.41) is 5.13. The van der Waals surface area contributed by atoms with Gasteiger partial charge in [0, 0.05) is 23.8 Å². The molecule has 0 saturated carbocycles. The number of aromatic nitrogens is 2. The molecule has 0 bridgehead atoms. The number of aromatic amines is 1. The third-order valence-electron chi connectivity index (χ3n) is 2.95. The van der Waals surface area contributed by atoms with Gasteiger partial charge in [-0.25, -0.2) is 18.1 Å². The van der Waals surface area contributed by atoms with Crippen LogP contribution in [0.2, 0.25) is 0 Å². The standard InChI is InChI=1S/C13H20N4O2S2/c1-3-4-14-7-11-13(10(2)9-20-11)21(18,19)17-8-12-15-5-6-16-12/h5-6,9,14,17H,3-4,7-8H2,1-2H3,(H,15,16). The summed E-state index contributed by atoms with van der Waals surface area (Å²) in [6, 6.07) is 0. The van der Waals surface area contributed by atoms with Crippen LogP contribution in [-0.4, -0.2) is 24.9 Å². The van der Waals surface area contributed by atoms with Gasteiger partial charge in [0.1, 0.15) is 10.7 Å². The number of nitrogens with one attached hydrogen (secondary N) is 3. The normalized spacial score (nSPS) is 11.9. The van der Waals surface area contributed by atoms with E-state index in [9.17, 15) is 8.42 Å². The minimum atomic E-state index is -3.53. The summed E-state index contributed by atoms with van der Waals surface area (Å²) in [6.07, 6.45) is 4.28. The summed E-state index contributed by atoms with van der Waals surface area (Å²) in [7, 11) is -3.53. The second kappa shape index (κ2) is 7.17. The van der Waals surface area contributed by atoms with Gasteiger partial charge in [-0.05, 0) is 30.8 Å². The molecule has 2 aromatic heterocycles. The average Bonchev–Trinajstić information content (AvgIpc) is 3.07. The number of rotatable bonds is 8. The molecule has 116 valence electrons. The van der Waals surface area contributed by atoms with Gasteiger partial charge in [-0.3, -0.25) is 0 Å². The monoisotopic (exact) mass is 328 g/mol. The highest BCUT2D eigenvalue weighted by atomic mass is 32.2. The van der Waals surface area contributed by atoms with Gasteiger partial charge in [-0.15, -0.1) is 11.3 Å². The van der Waals surface area contributed by atoms with Gasteiger partial charge in [0.2, 0.25) is 10.0 Å². The first kappa shape index (κ1) is 16.2. The van der Waals surface area contributed by atoms with Gasteiger partial charge >= 0.3 is 0 Å². The Kier molecular flexibility index (Phi) is 5.51. The van der Waals surface area contributed by atoms with E-state index in [1.807, 2.05) is 12.3 Å². The van der Waals surface area contributed by atoms with Gasteiger partial charge in [0.25, 0.3) is 0 Å². The zero-order valence-corrected chi connectivity index (χ0v) is 13.8. The fraction of sp³-hybridized carbons (Fsp3) is 0.462. The van der Waals surface area contributed by atoms with Crippen molar-refractivity contribution < 1.29 is 8.42 Å². The Morgan fingerprint density at radius 3 is 2.86 bits per heavy atom. The molecule has 2 aromatic rings. The Bertz CT molecular complexity index is 662. The minimum Gasteiger partial charge on any atom is -0.347 e. The smallest absolute Gasteiger partial charge is 0.242 e. The van der Waals surface area contributed by atoms with Gasteiger partial charge in [0.05, 0.1) is 6.54 Å². The first-order chi connectivity index (χ1) is 10.0. The van der Waals surface area contributed by atoms with Crippen molar-refractivity contribution >= 4 is 21.4 Å². The van der Waals surface area contributed by atoms with Crippen LogP contribution < -0.4 is 10.0 Å². The molecule has 0 aliphatic rings. The summed E-state index contributed by atoms with van der Waals surface area (Å²) >= 11 is 1.47. The molecule has 0 atom stereocenters. The van der Waals surface area contributed by atoms with Crippen LogP contribution in [0.5, 0.6) is 0 Å². The van der Waals surface area contributed by atoms with Crippen molar-refractivity contribution in [2.24, 2.45) is 0 Å². The average molecular weight is 328 g/mol. The molecule has 0 amide bonds. The van der Waals surface area contributed by atoms with E-state index >= 15 is 0 Å². The lowest BCUT2D eigenvalue weighted by atomic mass is 10.3. The molecule has 0 spiro atoms.